The summed E-state index contributed by atoms with van der Waals surface area (Å²) in [6.45, 7) is 2.25. The molecule has 0 aromatic heterocycles. The average molecular weight is 815 g/mol. The van der Waals surface area contributed by atoms with Gasteiger partial charge in [0, 0.05) is 0 Å². The number of nitrogens with one attached hydrogen (secondary N) is 3. The molecule has 262 valence electrons. The van der Waals surface area contributed by atoms with Gasteiger partial charge in [0.2, 0.25) is 0 Å². The van der Waals surface area contributed by atoms with Crippen LogP contribution in [-0.4, -0.2) is 43.0 Å². The molecular weight excluding hydrogens is 768 g/mol. The zero-order chi connectivity index (χ0) is 35.0. The molecule has 3 N–H and O–H groups in total. The number of benzene rings is 6. The van der Waals surface area contributed by atoms with E-state index < -0.39 is 39.3 Å². The summed E-state index contributed by atoms with van der Waals surface area (Å²) >= 11 is -3.40. The molecule has 6 aromatic carbocycles. The Morgan fingerprint density at radius 3 is 0.725 bits per heavy atom. The third kappa shape index (κ3) is 10.9. The number of carbonyl (C=O) groups is 1. The van der Waals surface area contributed by atoms with Gasteiger partial charge in [0.25, 0.3) is 0 Å². The predicted molar refractivity (Wildman–Crippen MR) is 223 cm³/mol. The fraction of sp³-hybridized carbons (Fsp3) is 0.140. The molecule has 51 heavy (non-hydrogen) atoms. The molecule has 0 radical (unpaired) electrons. The van der Waals surface area contributed by atoms with Crippen LogP contribution in [0.5, 0.6) is 0 Å². The standard InChI is InChI=1S/3C14H15NP.CHO.Ru/c3*15-11-12-16(13-7-3-1-4-8-13)14-9-5-2-6-10-14;1-2;/h3*1-10,15H,11-12H2;1H;/q3*-1;;+3. The molecule has 0 heterocycles. The van der Waals surface area contributed by atoms with Crippen molar-refractivity contribution in [3.05, 3.63) is 182 Å². The van der Waals surface area contributed by atoms with Crippen molar-refractivity contribution in [3.63, 3.8) is 0 Å². The molecule has 4 nitrogen and oxygen atoms in total. The van der Waals surface area contributed by atoms with E-state index in [1.807, 2.05) is 0 Å². The Bertz CT molecular complexity index is 1530. The molecule has 0 bridgehead atoms. The molecule has 6 rings (SSSR count). The second-order valence-corrected chi connectivity index (χ2v) is 23.8. The van der Waals surface area contributed by atoms with Crippen LogP contribution in [0, 0.1) is 0 Å². The number of carbonyl (C=O) groups excluding carboxylic acids is 1. The van der Waals surface area contributed by atoms with Gasteiger partial charge in [-0.3, -0.25) is 0 Å². The summed E-state index contributed by atoms with van der Waals surface area (Å²) in [5.74, 6) is 0. The van der Waals surface area contributed by atoms with E-state index in [0.717, 1.165) is 38.1 Å². The first-order valence-corrected chi connectivity index (χ1v) is 25.5. The van der Waals surface area contributed by atoms with Crippen LogP contribution in [-0.2, 0) is 20.3 Å². The molecule has 0 saturated carbocycles. The van der Waals surface area contributed by atoms with E-state index in [2.05, 4.69) is 194 Å². The summed E-state index contributed by atoms with van der Waals surface area (Å²) in [5.41, 5.74) is 0. The first kappa shape index (κ1) is 37.5. The summed E-state index contributed by atoms with van der Waals surface area (Å²) < 4.78 is 11.6. The minimum absolute atomic E-state index is 0.577. The van der Waals surface area contributed by atoms with Crippen LogP contribution in [0.3, 0.4) is 0 Å². The van der Waals surface area contributed by atoms with Gasteiger partial charge in [-0.05, 0) is 0 Å². The van der Waals surface area contributed by atoms with Gasteiger partial charge in [0.1, 0.15) is 0 Å². The summed E-state index contributed by atoms with van der Waals surface area (Å²) in [4.78, 5) is 14.6. The maximum atomic E-state index is 13.4. The molecule has 0 aliphatic carbocycles. The van der Waals surface area contributed by atoms with Crippen molar-refractivity contribution >= 4 is 60.5 Å². The summed E-state index contributed by atoms with van der Waals surface area (Å²) in [6, 6.07) is 65.0. The molecule has 0 spiro atoms. The van der Waals surface area contributed by atoms with Crippen LogP contribution in [0.25, 0.3) is 0 Å². The van der Waals surface area contributed by atoms with Gasteiger partial charge in [0.15, 0.2) is 0 Å². The van der Waals surface area contributed by atoms with Gasteiger partial charge in [-0.1, -0.05) is 0 Å². The van der Waals surface area contributed by atoms with Crippen molar-refractivity contribution < 1.29 is 20.3 Å². The summed E-state index contributed by atoms with van der Waals surface area (Å²) in [7, 11) is -1.73. The summed E-state index contributed by atoms with van der Waals surface area (Å²) in [6.07, 6.45) is 2.85. The fourth-order valence-electron chi connectivity index (χ4n) is 5.96. The Labute approximate surface area is 311 Å². The first-order valence-electron chi connectivity index (χ1n) is 17.3. The van der Waals surface area contributed by atoms with Crippen molar-refractivity contribution in [2.75, 3.05) is 38.1 Å². The van der Waals surface area contributed by atoms with E-state index in [1.165, 1.54) is 36.7 Å². The first-order chi connectivity index (χ1) is 25.2. The van der Waals surface area contributed by atoms with E-state index in [9.17, 15) is 4.79 Å². The number of hydrogen-bond acceptors (Lipinski definition) is 4. The average Bonchev–Trinajstić information content (AvgIpc) is 3.21. The van der Waals surface area contributed by atoms with Crippen molar-refractivity contribution in [1.29, 1.82) is 0 Å². The fourth-order valence-corrected chi connectivity index (χ4v) is 17.4. The van der Waals surface area contributed by atoms with E-state index in [-0.39, 0.29) is 0 Å². The molecule has 0 unspecified atom stereocenters. The molecule has 0 aliphatic rings. The monoisotopic (exact) mass is 815 g/mol. The van der Waals surface area contributed by atoms with E-state index in [4.69, 9.17) is 0 Å². The number of hydrogen-bond donors (Lipinski definition) is 3. The second-order valence-electron chi connectivity index (χ2n) is 11.7. The molecule has 8 heteroatoms. The molecule has 6 aromatic rings. The van der Waals surface area contributed by atoms with E-state index in [0.29, 0.717) is 0 Å². The van der Waals surface area contributed by atoms with Crippen molar-refractivity contribution in [2.24, 2.45) is 0 Å². The van der Waals surface area contributed by atoms with Crippen molar-refractivity contribution in [2.45, 2.75) is 0 Å². The van der Waals surface area contributed by atoms with Crippen LogP contribution in [0.1, 0.15) is 0 Å². The molecule has 0 fully saturated rings. The van der Waals surface area contributed by atoms with Gasteiger partial charge in [-0.25, -0.2) is 0 Å². The molecule has 0 atom stereocenters. The molecule has 0 saturated heterocycles. The third-order valence-electron chi connectivity index (χ3n) is 8.40. The summed E-state index contributed by atoms with van der Waals surface area (Å²) in [5, 5.41) is 8.15. The van der Waals surface area contributed by atoms with Crippen LogP contribution < -0.4 is 44.0 Å². The second kappa shape index (κ2) is 20.1. The van der Waals surface area contributed by atoms with Crippen molar-refractivity contribution in [3.8, 4) is 0 Å². The molecule has 0 amide bonds. The normalized spacial score (nSPS) is 12.0. The van der Waals surface area contributed by atoms with Crippen LogP contribution >= 0.6 is 23.8 Å². The van der Waals surface area contributed by atoms with Crippen LogP contribution in [0.15, 0.2) is 182 Å². The molecular formula is C43H46N3OP3Ru. The van der Waals surface area contributed by atoms with Gasteiger partial charge in [-0.2, -0.15) is 0 Å². The van der Waals surface area contributed by atoms with Gasteiger partial charge in [0.05, 0.1) is 0 Å². The van der Waals surface area contributed by atoms with Gasteiger partial charge >= 0.3 is 313 Å². The van der Waals surface area contributed by atoms with Crippen molar-refractivity contribution in [1.82, 2.24) is 12.2 Å². The van der Waals surface area contributed by atoms with Crippen LogP contribution in [0.4, 0.5) is 0 Å². The Hall–Kier alpha value is -3.22. The van der Waals surface area contributed by atoms with Gasteiger partial charge in [-0.15, -0.1) is 0 Å². The number of rotatable bonds is 19. The Kier molecular flexibility index (Phi) is 14.8. The SMILES string of the molecule is O=[CH][Ru]([NH]CCP(c1ccccc1)c1ccccc1)([NH]CCP(c1ccccc1)c1ccccc1)[NH]CCP(c1ccccc1)c1ccccc1. The zero-order valence-corrected chi connectivity index (χ0v) is 33.2. The topological polar surface area (TPSA) is 53.2 Å². The quantitative estimate of drug-likeness (QED) is 0.0516. The zero-order valence-electron chi connectivity index (χ0n) is 28.7. The predicted octanol–water partition coefficient (Wildman–Crippen LogP) is 6.24. The van der Waals surface area contributed by atoms with E-state index >= 15 is 0 Å². The maximum absolute atomic E-state index is 13.4. The van der Waals surface area contributed by atoms with Crippen LogP contribution in [0.2, 0.25) is 0 Å². The van der Waals surface area contributed by atoms with E-state index in [1.54, 1.807) is 0 Å². The minimum atomic E-state index is -3.40. The molecule has 0 aliphatic heterocycles. The third-order valence-corrected chi connectivity index (χ3v) is 20.8. The Morgan fingerprint density at radius 1 is 0.353 bits per heavy atom. The van der Waals surface area contributed by atoms with Gasteiger partial charge < -0.3 is 0 Å². The Morgan fingerprint density at radius 2 is 0.549 bits per heavy atom. The Balaban J connectivity index is 1.21.